The number of carboxylic acid groups (broad SMARTS) is 1. The van der Waals surface area contributed by atoms with Crippen LogP contribution < -0.4 is 5.32 Å². The van der Waals surface area contributed by atoms with Crippen molar-refractivity contribution in [2.24, 2.45) is 5.92 Å². The average Bonchev–Trinajstić information content (AvgIpc) is 2.26. The lowest BCUT2D eigenvalue weighted by Crippen LogP contribution is -2.12. The second-order valence-corrected chi connectivity index (χ2v) is 4.75. The van der Waals surface area contributed by atoms with E-state index in [9.17, 15) is 9.59 Å². The van der Waals surface area contributed by atoms with Gasteiger partial charge in [0.2, 0.25) is 5.91 Å². The lowest BCUT2D eigenvalue weighted by molar-refractivity contribution is -0.136. The first-order valence-corrected chi connectivity index (χ1v) is 6.08. The maximum atomic E-state index is 11.6. The fourth-order valence-electron chi connectivity index (χ4n) is 1.58. The summed E-state index contributed by atoms with van der Waals surface area (Å²) in [6, 6.07) is 6.94. The van der Waals surface area contributed by atoms with Gasteiger partial charge in [0.1, 0.15) is 0 Å². The molecule has 0 radical (unpaired) electrons. The van der Waals surface area contributed by atoms with Gasteiger partial charge in [-0.2, -0.15) is 0 Å². The van der Waals surface area contributed by atoms with Gasteiger partial charge in [0.15, 0.2) is 0 Å². The summed E-state index contributed by atoms with van der Waals surface area (Å²) in [4.78, 5) is 22.2. The summed E-state index contributed by atoms with van der Waals surface area (Å²) in [7, 11) is 0. The first-order valence-electron chi connectivity index (χ1n) is 6.08. The van der Waals surface area contributed by atoms with Crippen LogP contribution in [0.1, 0.15) is 32.3 Å². The zero-order valence-corrected chi connectivity index (χ0v) is 10.8. The molecule has 0 spiro atoms. The van der Waals surface area contributed by atoms with Gasteiger partial charge < -0.3 is 10.4 Å². The van der Waals surface area contributed by atoms with Gasteiger partial charge in [0.25, 0.3) is 0 Å². The molecule has 0 saturated heterocycles. The Labute approximate surface area is 107 Å². The van der Waals surface area contributed by atoms with E-state index in [0.717, 1.165) is 6.42 Å². The summed E-state index contributed by atoms with van der Waals surface area (Å²) in [6.45, 7) is 4.14. The molecule has 0 heterocycles. The number of amides is 1. The molecule has 0 unspecified atom stereocenters. The van der Waals surface area contributed by atoms with Crippen molar-refractivity contribution in [3.8, 4) is 0 Å². The zero-order chi connectivity index (χ0) is 13.5. The second kappa shape index (κ2) is 6.79. The highest BCUT2D eigenvalue weighted by atomic mass is 16.4. The monoisotopic (exact) mass is 249 g/mol. The Bertz CT molecular complexity index is 427. The summed E-state index contributed by atoms with van der Waals surface area (Å²) in [6.07, 6.45) is 1.30. The molecule has 1 rings (SSSR count). The van der Waals surface area contributed by atoms with Crippen LogP contribution in [0.15, 0.2) is 24.3 Å². The highest BCUT2D eigenvalue weighted by molar-refractivity contribution is 5.90. The van der Waals surface area contributed by atoms with E-state index in [1.165, 1.54) is 0 Å². The molecule has 0 aliphatic rings. The third kappa shape index (κ3) is 5.48. The number of carbonyl (C=O) groups is 2. The fourth-order valence-corrected chi connectivity index (χ4v) is 1.58. The topological polar surface area (TPSA) is 66.4 Å². The number of anilines is 1. The molecule has 0 aromatic heterocycles. The van der Waals surface area contributed by atoms with Crippen LogP contribution >= 0.6 is 0 Å². The molecular weight excluding hydrogens is 230 g/mol. The Balaban J connectivity index is 2.56. The van der Waals surface area contributed by atoms with Gasteiger partial charge >= 0.3 is 5.97 Å². The molecule has 0 fully saturated rings. The Hall–Kier alpha value is -1.84. The molecule has 1 aromatic carbocycles. The predicted octanol–water partition coefficient (Wildman–Crippen LogP) is 2.69. The average molecular weight is 249 g/mol. The van der Waals surface area contributed by atoms with Crippen LogP contribution in [0.4, 0.5) is 5.69 Å². The maximum Gasteiger partial charge on any atom is 0.307 e. The molecule has 2 N–H and O–H groups in total. The summed E-state index contributed by atoms with van der Waals surface area (Å²) in [5.74, 6) is -0.413. The SMILES string of the molecule is CC(C)CCC(=O)Nc1cccc(CC(=O)O)c1. The summed E-state index contributed by atoms with van der Waals surface area (Å²) < 4.78 is 0. The lowest BCUT2D eigenvalue weighted by atomic mass is 10.1. The number of rotatable bonds is 6. The van der Waals surface area contributed by atoms with Crippen LogP contribution in [0.2, 0.25) is 0 Å². The Morgan fingerprint density at radius 2 is 2.06 bits per heavy atom. The summed E-state index contributed by atoms with van der Waals surface area (Å²) in [5.41, 5.74) is 1.34. The third-order valence-corrected chi connectivity index (χ3v) is 2.51. The van der Waals surface area contributed by atoms with Crippen LogP contribution in [0.25, 0.3) is 0 Å². The number of hydrogen-bond donors (Lipinski definition) is 2. The second-order valence-electron chi connectivity index (χ2n) is 4.75. The van der Waals surface area contributed by atoms with Crippen LogP contribution in [-0.2, 0) is 16.0 Å². The number of aliphatic carboxylic acids is 1. The first kappa shape index (κ1) is 14.2. The Morgan fingerprint density at radius 3 is 2.67 bits per heavy atom. The van der Waals surface area contributed by atoms with Crippen molar-refractivity contribution in [1.82, 2.24) is 0 Å². The van der Waals surface area contributed by atoms with E-state index in [0.29, 0.717) is 23.6 Å². The zero-order valence-electron chi connectivity index (χ0n) is 10.8. The van der Waals surface area contributed by atoms with E-state index in [1.807, 2.05) is 0 Å². The van der Waals surface area contributed by atoms with E-state index in [2.05, 4.69) is 19.2 Å². The number of carboxylic acids is 1. The Kier molecular flexibility index (Phi) is 5.36. The minimum absolute atomic E-state index is 0.0313. The highest BCUT2D eigenvalue weighted by Crippen LogP contribution is 2.12. The van der Waals surface area contributed by atoms with Crippen molar-refractivity contribution < 1.29 is 14.7 Å². The molecule has 98 valence electrons. The van der Waals surface area contributed by atoms with E-state index in [4.69, 9.17) is 5.11 Å². The smallest absolute Gasteiger partial charge is 0.307 e. The third-order valence-electron chi connectivity index (χ3n) is 2.51. The molecule has 0 bridgehead atoms. The predicted molar refractivity (Wildman–Crippen MR) is 70.5 cm³/mol. The van der Waals surface area contributed by atoms with Gasteiger partial charge in [-0.1, -0.05) is 26.0 Å². The first-order chi connectivity index (χ1) is 8.47. The van der Waals surface area contributed by atoms with E-state index in [-0.39, 0.29) is 12.3 Å². The molecule has 0 aliphatic carbocycles. The highest BCUT2D eigenvalue weighted by Gasteiger charge is 2.05. The van der Waals surface area contributed by atoms with Gasteiger partial charge in [0.05, 0.1) is 6.42 Å². The molecule has 4 heteroatoms. The lowest BCUT2D eigenvalue weighted by Gasteiger charge is -2.07. The van der Waals surface area contributed by atoms with E-state index in [1.54, 1.807) is 24.3 Å². The van der Waals surface area contributed by atoms with Gasteiger partial charge in [-0.25, -0.2) is 0 Å². The normalized spacial score (nSPS) is 10.4. The van der Waals surface area contributed by atoms with Crippen molar-refractivity contribution in [1.29, 1.82) is 0 Å². The quantitative estimate of drug-likeness (QED) is 0.814. The van der Waals surface area contributed by atoms with Gasteiger partial charge in [-0.3, -0.25) is 9.59 Å². The van der Waals surface area contributed by atoms with Crippen LogP contribution in [-0.4, -0.2) is 17.0 Å². The van der Waals surface area contributed by atoms with Gasteiger partial charge in [0, 0.05) is 12.1 Å². The van der Waals surface area contributed by atoms with Gasteiger partial charge in [-0.15, -0.1) is 0 Å². The molecule has 0 aliphatic heterocycles. The van der Waals surface area contributed by atoms with Gasteiger partial charge in [-0.05, 0) is 30.0 Å². The number of nitrogens with one attached hydrogen (secondary N) is 1. The molecule has 18 heavy (non-hydrogen) atoms. The van der Waals surface area contributed by atoms with Crippen molar-refractivity contribution in [3.63, 3.8) is 0 Å². The molecule has 1 aromatic rings. The number of benzene rings is 1. The largest absolute Gasteiger partial charge is 0.481 e. The summed E-state index contributed by atoms with van der Waals surface area (Å²) in [5, 5.41) is 11.5. The van der Waals surface area contributed by atoms with E-state index < -0.39 is 5.97 Å². The molecular formula is C14H19NO3. The van der Waals surface area contributed by atoms with Crippen molar-refractivity contribution >= 4 is 17.6 Å². The maximum absolute atomic E-state index is 11.6. The van der Waals surface area contributed by atoms with Crippen molar-refractivity contribution in [3.05, 3.63) is 29.8 Å². The minimum atomic E-state index is -0.877. The van der Waals surface area contributed by atoms with E-state index >= 15 is 0 Å². The van der Waals surface area contributed by atoms with Crippen LogP contribution in [0.5, 0.6) is 0 Å². The molecule has 0 saturated carbocycles. The molecule has 0 atom stereocenters. The summed E-state index contributed by atoms with van der Waals surface area (Å²) >= 11 is 0. The number of carbonyl (C=O) groups excluding carboxylic acids is 1. The van der Waals surface area contributed by atoms with Crippen molar-refractivity contribution in [2.45, 2.75) is 33.1 Å². The molecule has 1 amide bonds. The van der Waals surface area contributed by atoms with Crippen LogP contribution in [0, 0.1) is 5.92 Å². The molecule has 4 nitrogen and oxygen atoms in total. The number of hydrogen-bond acceptors (Lipinski definition) is 2. The van der Waals surface area contributed by atoms with Crippen molar-refractivity contribution in [2.75, 3.05) is 5.32 Å². The minimum Gasteiger partial charge on any atom is -0.481 e. The van der Waals surface area contributed by atoms with Crippen LogP contribution in [0.3, 0.4) is 0 Å². The fraction of sp³-hybridized carbons (Fsp3) is 0.429. The Morgan fingerprint density at radius 1 is 1.33 bits per heavy atom. The standard InChI is InChI=1S/C14H19NO3/c1-10(2)6-7-13(16)15-12-5-3-4-11(8-12)9-14(17)18/h3-5,8,10H,6-7,9H2,1-2H3,(H,15,16)(H,17,18).